The summed E-state index contributed by atoms with van der Waals surface area (Å²) in [6.07, 6.45) is 0. The van der Waals surface area contributed by atoms with Crippen molar-refractivity contribution in [2.24, 2.45) is 0 Å². The van der Waals surface area contributed by atoms with E-state index in [9.17, 15) is 9.18 Å². The zero-order chi connectivity index (χ0) is 14.7. The molecule has 0 aliphatic carbocycles. The van der Waals surface area contributed by atoms with E-state index in [0.29, 0.717) is 17.1 Å². The van der Waals surface area contributed by atoms with Gasteiger partial charge in [-0.05, 0) is 30.3 Å². The fraction of sp³-hybridized carbons (Fsp3) is 0.133. The summed E-state index contributed by atoms with van der Waals surface area (Å²) < 4.78 is 23.2. The summed E-state index contributed by atoms with van der Waals surface area (Å²) in [4.78, 5) is 12.4. The maximum atomic E-state index is 13.0. The molecule has 2 aromatic rings. The van der Waals surface area contributed by atoms with Crippen molar-refractivity contribution in [3.63, 3.8) is 0 Å². The maximum absolute atomic E-state index is 13.0. The van der Waals surface area contributed by atoms with Gasteiger partial charge in [-0.25, -0.2) is 4.39 Å². The van der Waals surface area contributed by atoms with Crippen LogP contribution in [0.25, 0.3) is 0 Å². The van der Waals surface area contributed by atoms with Crippen LogP contribution in [0.2, 0.25) is 5.02 Å². The second-order valence-electron chi connectivity index (χ2n) is 4.05. The molecular weight excluding hydrogens is 283 g/mol. The number of carbonyl (C=O) groups excluding carboxylic acids is 1. The number of rotatable bonds is 4. The summed E-state index contributed by atoms with van der Waals surface area (Å²) >= 11 is 5.90. The Balaban J connectivity index is 2.47. The van der Waals surface area contributed by atoms with E-state index in [-0.39, 0.29) is 16.4 Å². The van der Waals surface area contributed by atoms with Crippen molar-refractivity contribution in [2.75, 3.05) is 14.2 Å². The van der Waals surface area contributed by atoms with Crippen LogP contribution in [-0.4, -0.2) is 20.0 Å². The van der Waals surface area contributed by atoms with Crippen molar-refractivity contribution in [1.82, 2.24) is 0 Å². The Hall–Kier alpha value is -2.07. The number of hydrogen-bond donors (Lipinski definition) is 0. The predicted octanol–water partition coefficient (Wildman–Crippen LogP) is 3.73. The van der Waals surface area contributed by atoms with Crippen molar-refractivity contribution in [2.45, 2.75) is 0 Å². The smallest absolute Gasteiger partial charge is 0.194 e. The molecule has 5 heteroatoms. The number of methoxy groups -OCH3 is 2. The largest absolute Gasteiger partial charge is 0.497 e. The van der Waals surface area contributed by atoms with Crippen LogP contribution in [0.3, 0.4) is 0 Å². The van der Waals surface area contributed by atoms with Gasteiger partial charge in [-0.15, -0.1) is 0 Å². The van der Waals surface area contributed by atoms with Gasteiger partial charge in [0, 0.05) is 17.2 Å². The van der Waals surface area contributed by atoms with E-state index in [1.807, 2.05) is 0 Å². The first-order chi connectivity index (χ1) is 9.55. The van der Waals surface area contributed by atoms with Crippen molar-refractivity contribution >= 4 is 17.4 Å². The highest BCUT2D eigenvalue weighted by atomic mass is 35.5. The van der Waals surface area contributed by atoms with Crippen LogP contribution in [0.5, 0.6) is 11.5 Å². The van der Waals surface area contributed by atoms with Crippen molar-refractivity contribution in [1.29, 1.82) is 0 Å². The maximum Gasteiger partial charge on any atom is 0.194 e. The lowest BCUT2D eigenvalue weighted by atomic mass is 10.0. The molecule has 2 aromatic carbocycles. The molecule has 0 heterocycles. The number of benzene rings is 2. The molecule has 0 N–H and O–H groups in total. The predicted molar refractivity (Wildman–Crippen MR) is 74.4 cm³/mol. The SMILES string of the molecule is COc1cc(OC)cc(C(=O)c2ccc(F)cc2Cl)c1. The summed E-state index contributed by atoms with van der Waals surface area (Å²) in [7, 11) is 2.99. The number of hydrogen-bond acceptors (Lipinski definition) is 3. The van der Waals surface area contributed by atoms with Gasteiger partial charge in [-0.2, -0.15) is 0 Å². The Morgan fingerprint density at radius 3 is 2.15 bits per heavy atom. The summed E-state index contributed by atoms with van der Waals surface area (Å²) in [5.41, 5.74) is 0.582. The molecule has 3 nitrogen and oxygen atoms in total. The summed E-state index contributed by atoms with van der Waals surface area (Å²) in [5, 5.41) is 0.0665. The number of carbonyl (C=O) groups is 1. The van der Waals surface area contributed by atoms with E-state index in [0.717, 1.165) is 6.07 Å². The Kier molecular flexibility index (Phi) is 4.25. The molecule has 0 aliphatic rings. The minimum atomic E-state index is -0.491. The van der Waals surface area contributed by atoms with Gasteiger partial charge in [0.25, 0.3) is 0 Å². The molecule has 20 heavy (non-hydrogen) atoms. The second kappa shape index (κ2) is 5.92. The van der Waals surface area contributed by atoms with Crippen molar-refractivity contribution in [3.05, 3.63) is 58.4 Å². The minimum Gasteiger partial charge on any atom is -0.497 e. The third-order valence-corrected chi connectivity index (χ3v) is 3.10. The molecule has 0 aromatic heterocycles. The van der Waals surface area contributed by atoms with Crippen LogP contribution in [0.15, 0.2) is 36.4 Å². The Morgan fingerprint density at radius 2 is 1.65 bits per heavy atom. The molecular formula is C15H12ClFO3. The lowest BCUT2D eigenvalue weighted by Crippen LogP contribution is -2.03. The quantitative estimate of drug-likeness (QED) is 0.806. The fourth-order valence-corrected chi connectivity index (χ4v) is 2.02. The van der Waals surface area contributed by atoms with Gasteiger partial charge in [-0.1, -0.05) is 11.6 Å². The van der Waals surface area contributed by atoms with Gasteiger partial charge in [-0.3, -0.25) is 4.79 Å². The average Bonchev–Trinajstić information content (AvgIpc) is 2.46. The van der Waals surface area contributed by atoms with Gasteiger partial charge in [0.2, 0.25) is 0 Å². The van der Waals surface area contributed by atoms with E-state index in [2.05, 4.69) is 0 Å². The zero-order valence-electron chi connectivity index (χ0n) is 10.9. The van der Waals surface area contributed by atoms with E-state index < -0.39 is 5.82 Å². The molecule has 0 fully saturated rings. The van der Waals surface area contributed by atoms with Gasteiger partial charge in [0.15, 0.2) is 5.78 Å². The first kappa shape index (κ1) is 14.3. The molecule has 0 radical (unpaired) electrons. The lowest BCUT2D eigenvalue weighted by molar-refractivity contribution is 0.103. The standard InChI is InChI=1S/C15H12ClFO3/c1-19-11-5-9(6-12(8-11)20-2)15(18)13-4-3-10(17)7-14(13)16/h3-8H,1-2H3. The van der Waals surface area contributed by atoms with E-state index in [1.165, 1.54) is 26.4 Å². The molecule has 2 rings (SSSR count). The van der Waals surface area contributed by atoms with Crippen LogP contribution in [0.4, 0.5) is 4.39 Å². The summed E-state index contributed by atoms with van der Waals surface area (Å²) in [6.45, 7) is 0. The monoisotopic (exact) mass is 294 g/mol. The Bertz CT molecular complexity index is 633. The van der Waals surface area contributed by atoms with Crippen molar-refractivity contribution in [3.8, 4) is 11.5 Å². The molecule has 104 valence electrons. The molecule has 0 amide bonds. The van der Waals surface area contributed by atoms with Crippen LogP contribution < -0.4 is 9.47 Å². The second-order valence-corrected chi connectivity index (χ2v) is 4.46. The molecule has 0 unspecified atom stereocenters. The number of halogens is 2. The first-order valence-corrected chi connectivity index (χ1v) is 6.15. The first-order valence-electron chi connectivity index (χ1n) is 5.78. The minimum absolute atomic E-state index is 0.0665. The Morgan fingerprint density at radius 1 is 1.05 bits per heavy atom. The molecule has 0 spiro atoms. The van der Waals surface area contributed by atoms with Gasteiger partial charge in [0.05, 0.1) is 19.2 Å². The highest BCUT2D eigenvalue weighted by molar-refractivity contribution is 6.35. The van der Waals surface area contributed by atoms with E-state index >= 15 is 0 Å². The molecule has 0 bridgehead atoms. The zero-order valence-corrected chi connectivity index (χ0v) is 11.7. The van der Waals surface area contributed by atoms with Crippen LogP contribution >= 0.6 is 11.6 Å². The highest BCUT2D eigenvalue weighted by Gasteiger charge is 2.15. The summed E-state index contributed by atoms with van der Waals surface area (Å²) in [6, 6.07) is 8.45. The van der Waals surface area contributed by atoms with Crippen molar-refractivity contribution < 1.29 is 18.7 Å². The van der Waals surface area contributed by atoms with Gasteiger partial charge in [0.1, 0.15) is 17.3 Å². The third kappa shape index (κ3) is 2.91. The lowest BCUT2D eigenvalue weighted by Gasteiger charge is -2.09. The molecule has 0 saturated carbocycles. The third-order valence-electron chi connectivity index (χ3n) is 2.79. The van der Waals surface area contributed by atoms with Crippen LogP contribution in [0, 0.1) is 5.82 Å². The van der Waals surface area contributed by atoms with Gasteiger partial charge >= 0.3 is 0 Å². The number of ether oxygens (including phenoxy) is 2. The van der Waals surface area contributed by atoms with E-state index in [1.54, 1.807) is 18.2 Å². The molecule has 0 aliphatic heterocycles. The van der Waals surface area contributed by atoms with E-state index in [4.69, 9.17) is 21.1 Å². The molecule has 0 saturated heterocycles. The Labute approximate surface area is 120 Å². The van der Waals surface area contributed by atoms with Crippen LogP contribution in [-0.2, 0) is 0 Å². The normalized spacial score (nSPS) is 10.2. The number of ketones is 1. The topological polar surface area (TPSA) is 35.5 Å². The average molecular weight is 295 g/mol. The summed E-state index contributed by atoms with van der Waals surface area (Å²) in [5.74, 6) is 0.166. The molecule has 0 atom stereocenters. The fourth-order valence-electron chi connectivity index (χ4n) is 1.77. The van der Waals surface area contributed by atoms with Gasteiger partial charge < -0.3 is 9.47 Å². The highest BCUT2D eigenvalue weighted by Crippen LogP contribution is 2.26. The van der Waals surface area contributed by atoms with Crippen LogP contribution in [0.1, 0.15) is 15.9 Å².